The highest BCUT2D eigenvalue weighted by Crippen LogP contribution is 2.17. The Hall–Kier alpha value is -2.58. The van der Waals surface area contributed by atoms with Crippen molar-refractivity contribution < 1.29 is 18.0 Å². The molecule has 0 aliphatic rings. The van der Waals surface area contributed by atoms with Crippen LogP contribution in [0.3, 0.4) is 0 Å². The van der Waals surface area contributed by atoms with Gasteiger partial charge in [-0.25, -0.2) is 9.67 Å². The third-order valence-corrected chi connectivity index (χ3v) is 2.47. The fourth-order valence-corrected chi connectivity index (χ4v) is 1.58. The number of carbonyl (C=O) groups excluding carboxylic acids is 1. The number of hydrogen-bond donors (Lipinski definition) is 2. The molecule has 0 radical (unpaired) electrons. The highest BCUT2D eigenvalue weighted by atomic mass is 19.4. The van der Waals surface area contributed by atoms with Crippen LogP contribution in [-0.2, 0) is 11.3 Å². The Balaban J connectivity index is 1.99. The van der Waals surface area contributed by atoms with Crippen molar-refractivity contribution in [1.82, 2.24) is 20.1 Å². The monoisotopic (exact) mass is 299 g/mol. The lowest BCUT2D eigenvalue weighted by atomic mass is 10.2. The number of alkyl halides is 3. The van der Waals surface area contributed by atoms with Crippen molar-refractivity contribution in [2.24, 2.45) is 0 Å². The molecule has 0 bridgehead atoms. The Morgan fingerprint density at radius 3 is 2.81 bits per heavy atom. The molecule has 1 heterocycles. The number of rotatable bonds is 4. The Morgan fingerprint density at radius 2 is 2.14 bits per heavy atom. The van der Waals surface area contributed by atoms with Gasteiger partial charge in [0.05, 0.1) is 0 Å². The van der Waals surface area contributed by atoms with Crippen molar-refractivity contribution in [2.75, 3.05) is 12.3 Å². The van der Waals surface area contributed by atoms with Crippen LogP contribution in [0.25, 0.3) is 11.4 Å². The van der Waals surface area contributed by atoms with Crippen molar-refractivity contribution >= 4 is 11.6 Å². The van der Waals surface area contributed by atoms with Crippen molar-refractivity contribution in [3.05, 3.63) is 30.6 Å². The molecule has 2 aromatic rings. The third-order valence-electron chi connectivity index (χ3n) is 2.47. The summed E-state index contributed by atoms with van der Waals surface area (Å²) in [6, 6.07) is 6.82. The molecular formula is C12H12F3N5O. The highest BCUT2D eigenvalue weighted by Gasteiger charge is 2.27. The molecule has 0 saturated heterocycles. The van der Waals surface area contributed by atoms with E-state index in [-0.39, 0.29) is 6.54 Å². The van der Waals surface area contributed by atoms with Gasteiger partial charge in [-0.3, -0.25) is 4.79 Å². The van der Waals surface area contributed by atoms with Gasteiger partial charge in [0.2, 0.25) is 5.91 Å². The fourth-order valence-electron chi connectivity index (χ4n) is 1.58. The molecule has 112 valence electrons. The van der Waals surface area contributed by atoms with E-state index in [2.05, 4.69) is 10.1 Å². The number of amides is 1. The molecule has 3 N–H and O–H groups in total. The molecule has 1 aromatic heterocycles. The third kappa shape index (κ3) is 4.48. The SMILES string of the molecule is Nc1cccc(-c2ncn(CC(=O)NCC(F)(F)F)n2)c1. The van der Waals surface area contributed by atoms with E-state index in [0.717, 1.165) is 4.68 Å². The molecule has 1 amide bonds. The summed E-state index contributed by atoms with van der Waals surface area (Å²) in [6.45, 7) is -1.71. The van der Waals surface area contributed by atoms with E-state index in [1.807, 2.05) is 0 Å². The predicted octanol–water partition coefficient (Wildman–Crippen LogP) is 1.21. The zero-order chi connectivity index (χ0) is 15.5. The van der Waals surface area contributed by atoms with Crippen molar-refractivity contribution in [3.63, 3.8) is 0 Å². The smallest absolute Gasteiger partial charge is 0.399 e. The predicted molar refractivity (Wildman–Crippen MR) is 68.9 cm³/mol. The first-order chi connectivity index (χ1) is 9.83. The van der Waals surface area contributed by atoms with Gasteiger partial charge in [0.15, 0.2) is 5.82 Å². The number of nitrogen functional groups attached to an aromatic ring is 1. The summed E-state index contributed by atoms with van der Waals surface area (Å²) in [5, 5.41) is 5.77. The Labute approximate surface area is 117 Å². The zero-order valence-corrected chi connectivity index (χ0v) is 10.8. The second-order valence-corrected chi connectivity index (χ2v) is 4.28. The second kappa shape index (κ2) is 5.81. The Kier molecular flexibility index (Phi) is 4.10. The summed E-state index contributed by atoms with van der Waals surface area (Å²) in [7, 11) is 0. The molecule has 0 saturated carbocycles. The van der Waals surface area contributed by atoms with Crippen molar-refractivity contribution in [1.29, 1.82) is 0 Å². The lowest BCUT2D eigenvalue weighted by molar-refractivity contribution is -0.138. The minimum absolute atomic E-state index is 0.339. The average molecular weight is 299 g/mol. The van der Waals surface area contributed by atoms with Gasteiger partial charge >= 0.3 is 6.18 Å². The summed E-state index contributed by atoms with van der Waals surface area (Å²) < 4.78 is 37.0. The fraction of sp³-hybridized carbons (Fsp3) is 0.250. The average Bonchev–Trinajstić information content (AvgIpc) is 2.84. The van der Waals surface area contributed by atoms with Gasteiger partial charge in [0.1, 0.15) is 19.4 Å². The van der Waals surface area contributed by atoms with E-state index < -0.39 is 18.6 Å². The minimum Gasteiger partial charge on any atom is -0.399 e. The van der Waals surface area contributed by atoms with Crippen LogP contribution < -0.4 is 11.1 Å². The van der Waals surface area contributed by atoms with Crippen LogP contribution in [-0.4, -0.2) is 33.4 Å². The summed E-state index contributed by atoms with van der Waals surface area (Å²) in [4.78, 5) is 15.3. The van der Waals surface area contributed by atoms with Crippen LogP contribution in [0.15, 0.2) is 30.6 Å². The number of nitrogens with two attached hydrogens (primary N) is 1. The molecule has 0 aliphatic heterocycles. The number of nitrogens with one attached hydrogen (secondary N) is 1. The molecular weight excluding hydrogens is 287 g/mol. The molecule has 1 aromatic carbocycles. The van der Waals surface area contributed by atoms with Crippen LogP contribution in [0.2, 0.25) is 0 Å². The molecule has 6 nitrogen and oxygen atoms in total. The van der Waals surface area contributed by atoms with Crippen molar-refractivity contribution in [2.45, 2.75) is 12.7 Å². The van der Waals surface area contributed by atoms with E-state index in [4.69, 9.17) is 5.73 Å². The number of nitrogens with zero attached hydrogens (tertiary/aromatic N) is 3. The second-order valence-electron chi connectivity index (χ2n) is 4.28. The van der Waals surface area contributed by atoms with E-state index in [0.29, 0.717) is 17.1 Å². The van der Waals surface area contributed by atoms with Crippen LogP contribution in [0, 0.1) is 0 Å². The number of halogens is 3. The van der Waals surface area contributed by atoms with Crippen LogP contribution in [0.4, 0.5) is 18.9 Å². The van der Waals surface area contributed by atoms with Gasteiger partial charge in [-0.15, -0.1) is 0 Å². The topological polar surface area (TPSA) is 85.8 Å². The van der Waals surface area contributed by atoms with Gasteiger partial charge in [0, 0.05) is 11.3 Å². The summed E-state index contributed by atoms with van der Waals surface area (Å²) >= 11 is 0. The quantitative estimate of drug-likeness (QED) is 0.831. The maximum Gasteiger partial charge on any atom is 0.405 e. The Morgan fingerprint density at radius 1 is 1.38 bits per heavy atom. The van der Waals surface area contributed by atoms with Crippen molar-refractivity contribution in [3.8, 4) is 11.4 Å². The van der Waals surface area contributed by atoms with Crippen LogP contribution >= 0.6 is 0 Å². The Bertz CT molecular complexity index is 638. The normalized spacial score (nSPS) is 11.4. The standard InChI is InChI=1S/C12H12F3N5O/c13-12(14,15)6-17-10(21)5-20-7-18-11(19-20)8-2-1-3-9(16)4-8/h1-4,7H,5-6,16H2,(H,17,21). The molecule has 2 rings (SSSR count). The van der Waals surface area contributed by atoms with Gasteiger partial charge in [-0.2, -0.15) is 18.3 Å². The van der Waals surface area contributed by atoms with Gasteiger partial charge < -0.3 is 11.1 Å². The van der Waals surface area contributed by atoms with E-state index in [9.17, 15) is 18.0 Å². The van der Waals surface area contributed by atoms with Gasteiger partial charge in [-0.05, 0) is 12.1 Å². The maximum absolute atomic E-state index is 12.0. The molecule has 0 fully saturated rings. The van der Waals surface area contributed by atoms with Gasteiger partial charge in [-0.1, -0.05) is 12.1 Å². The summed E-state index contributed by atoms with van der Waals surface area (Å²) in [5.74, 6) is -0.456. The lowest BCUT2D eigenvalue weighted by Gasteiger charge is -2.07. The summed E-state index contributed by atoms with van der Waals surface area (Å²) in [5.41, 5.74) is 6.82. The first-order valence-electron chi connectivity index (χ1n) is 5.92. The largest absolute Gasteiger partial charge is 0.405 e. The van der Waals surface area contributed by atoms with Gasteiger partial charge in [0.25, 0.3) is 0 Å². The zero-order valence-electron chi connectivity index (χ0n) is 10.8. The number of hydrogen-bond acceptors (Lipinski definition) is 4. The summed E-state index contributed by atoms with van der Waals surface area (Å²) in [6.07, 6.45) is -3.17. The lowest BCUT2D eigenvalue weighted by Crippen LogP contribution is -2.35. The molecule has 9 heteroatoms. The van der Waals surface area contributed by atoms with E-state index >= 15 is 0 Å². The molecule has 0 spiro atoms. The maximum atomic E-state index is 12.0. The number of anilines is 1. The first-order valence-corrected chi connectivity index (χ1v) is 5.92. The minimum atomic E-state index is -4.44. The molecule has 0 unspecified atom stereocenters. The molecule has 21 heavy (non-hydrogen) atoms. The van der Waals surface area contributed by atoms with E-state index in [1.165, 1.54) is 6.33 Å². The number of carbonyl (C=O) groups is 1. The number of aromatic nitrogens is 3. The van der Waals surface area contributed by atoms with Crippen LogP contribution in [0.5, 0.6) is 0 Å². The molecule has 0 atom stereocenters. The van der Waals surface area contributed by atoms with E-state index in [1.54, 1.807) is 29.6 Å². The first kappa shape index (κ1) is 14.8. The number of benzene rings is 1. The highest BCUT2D eigenvalue weighted by molar-refractivity contribution is 5.75. The van der Waals surface area contributed by atoms with Crippen LogP contribution in [0.1, 0.15) is 0 Å². The molecule has 0 aliphatic carbocycles.